The Kier molecular flexibility index (Phi) is 5.91. The van der Waals surface area contributed by atoms with E-state index in [0.29, 0.717) is 23.9 Å². The van der Waals surface area contributed by atoms with E-state index < -0.39 is 75.5 Å². The molecule has 2 aliphatic rings. The number of nitrogens with zero attached hydrogens (tertiary/aromatic N) is 3. The van der Waals surface area contributed by atoms with E-state index >= 15 is 0 Å². The van der Waals surface area contributed by atoms with Crippen molar-refractivity contribution in [2.45, 2.75) is 44.1 Å². The molecule has 0 saturated carbocycles. The highest BCUT2D eigenvalue weighted by Gasteiger charge is 2.63. The van der Waals surface area contributed by atoms with Crippen molar-refractivity contribution >= 4 is 28.7 Å². The van der Waals surface area contributed by atoms with Crippen LogP contribution >= 0.6 is 11.8 Å². The van der Waals surface area contributed by atoms with Crippen molar-refractivity contribution in [1.82, 2.24) is 4.90 Å². The van der Waals surface area contributed by atoms with E-state index in [0.717, 1.165) is 4.90 Å². The van der Waals surface area contributed by atoms with Gasteiger partial charge in [-0.15, -0.1) is 0 Å². The van der Waals surface area contributed by atoms with Gasteiger partial charge in [0.05, 0.1) is 17.6 Å². The molecule has 1 fully saturated rings. The van der Waals surface area contributed by atoms with Gasteiger partial charge in [-0.25, -0.2) is 18.6 Å². The molecule has 3 rings (SSSR count). The van der Waals surface area contributed by atoms with Crippen LogP contribution < -0.4 is 0 Å². The second-order valence-corrected chi connectivity index (χ2v) is 9.33. The Balaban J connectivity index is 2.30. The average molecular weight is 483 g/mol. The van der Waals surface area contributed by atoms with Crippen LogP contribution in [0.1, 0.15) is 26.3 Å². The Hall–Kier alpha value is -2.48. The first-order valence-electron chi connectivity index (χ1n) is 9.17. The van der Waals surface area contributed by atoms with Crippen molar-refractivity contribution in [3.63, 3.8) is 0 Å². The molecule has 0 radical (unpaired) electrons. The third kappa shape index (κ3) is 4.00. The van der Waals surface area contributed by atoms with Crippen LogP contribution in [0.5, 0.6) is 0 Å². The average Bonchev–Trinajstić information content (AvgIpc) is 3.02. The van der Waals surface area contributed by atoms with Crippen molar-refractivity contribution < 1.29 is 41.5 Å². The van der Waals surface area contributed by atoms with Gasteiger partial charge in [0.1, 0.15) is 5.54 Å². The molecule has 32 heavy (non-hydrogen) atoms. The summed E-state index contributed by atoms with van der Waals surface area (Å²) >= 11 is 0.702. The summed E-state index contributed by atoms with van der Waals surface area (Å²) in [6.07, 6.45) is -8.75. The highest BCUT2D eigenvalue weighted by atomic mass is 32.2. The molecule has 3 atom stereocenters. The molecule has 1 aromatic carbocycles. The minimum atomic E-state index is -4.88. The lowest BCUT2D eigenvalue weighted by atomic mass is 9.78. The SMILES string of the molecule is CC(C)(C)N(C(=O)O)C1=N[C@@]2(c3cc([N+](=O)[O-])cc(F)c3F)CO[C@H](C(F)(F)F)[C@H]2CS1. The number of carboxylic acid groups (broad SMARTS) is 1. The lowest BCUT2D eigenvalue weighted by Crippen LogP contribution is -2.52. The largest absolute Gasteiger partial charge is 0.465 e. The molecule has 1 saturated heterocycles. The summed E-state index contributed by atoms with van der Waals surface area (Å²) in [5, 5.41) is 20.6. The van der Waals surface area contributed by atoms with Crippen molar-refractivity contribution in [2.24, 2.45) is 10.9 Å². The number of amidine groups is 1. The Morgan fingerprint density at radius 3 is 2.47 bits per heavy atom. The van der Waals surface area contributed by atoms with E-state index in [1.807, 2.05) is 0 Å². The molecule has 0 unspecified atom stereocenters. The molecule has 2 heterocycles. The van der Waals surface area contributed by atoms with Gasteiger partial charge in [-0.05, 0) is 20.8 Å². The van der Waals surface area contributed by atoms with Gasteiger partial charge in [0.25, 0.3) is 5.69 Å². The van der Waals surface area contributed by atoms with E-state index in [-0.39, 0.29) is 5.17 Å². The third-order valence-electron chi connectivity index (χ3n) is 5.22. The summed E-state index contributed by atoms with van der Waals surface area (Å²) in [5.74, 6) is -5.23. The third-order valence-corrected chi connectivity index (χ3v) is 6.27. The maximum Gasteiger partial charge on any atom is 0.415 e. The minimum absolute atomic E-state index is 0.251. The summed E-state index contributed by atoms with van der Waals surface area (Å²) in [7, 11) is 0. The first kappa shape index (κ1) is 24.2. The molecule has 1 amide bonds. The lowest BCUT2D eigenvalue weighted by Gasteiger charge is -2.41. The fourth-order valence-corrected chi connectivity index (χ4v) is 5.31. The maximum atomic E-state index is 14.9. The zero-order valence-electron chi connectivity index (χ0n) is 16.9. The number of halogens is 5. The first-order valence-corrected chi connectivity index (χ1v) is 10.2. The molecule has 0 bridgehead atoms. The number of nitro groups is 1. The summed E-state index contributed by atoms with van der Waals surface area (Å²) in [6, 6.07) is 0.926. The number of carbonyl (C=O) groups is 1. The molecular formula is C18H18F5N3O5S. The molecular weight excluding hydrogens is 465 g/mol. The van der Waals surface area contributed by atoms with Crippen LogP contribution in [0.4, 0.5) is 32.4 Å². The Labute approximate surface area is 182 Å². The van der Waals surface area contributed by atoms with Gasteiger partial charge in [0.15, 0.2) is 22.9 Å². The van der Waals surface area contributed by atoms with E-state index in [1.54, 1.807) is 0 Å². The van der Waals surface area contributed by atoms with Crippen LogP contribution in [-0.2, 0) is 10.3 Å². The number of non-ortho nitro benzene ring substituents is 1. The molecule has 176 valence electrons. The normalized spacial score (nSPS) is 25.8. The standard InChI is InChI=1S/C18H18F5N3O5S/c1-16(2,3)25(15(27)28)14-24-17(7-31-13(18(21,22)23)10(17)6-32-14)9-4-8(26(29)30)5-11(19)12(9)20/h4-5,10,13H,6-7H2,1-3H3,(H,27,28)/t10-,13+,17-/m1/s1. The number of alkyl halides is 3. The summed E-state index contributed by atoms with van der Waals surface area (Å²) in [5.41, 5.74) is -4.99. The molecule has 0 aromatic heterocycles. The molecule has 14 heteroatoms. The fourth-order valence-electron chi connectivity index (χ4n) is 3.82. The maximum absolute atomic E-state index is 14.9. The van der Waals surface area contributed by atoms with Crippen molar-refractivity contribution in [3.05, 3.63) is 39.4 Å². The smallest absolute Gasteiger partial charge is 0.415 e. The second kappa shape index (κ2) is 7.83. The van der Waals surface area contributed by atoms with E-state index in [9.17, 15) is 42.0 Å². The van der Waals surface area contributed by atoms with Crippen molar-refractivity contribution in [3.8, 4) is 0 Å². The number of aliphatic imine (C=N–C) groups is 1. The number of hydrogen-bond donors (Lipinski definition) is 1. The number of nitro benzene ring substituents is 1. The van der Waals surface area contributed by atoms with E-state index in [2.05, 4.69) is 4.99 Å². The second-order valence-electron chi connectivity index (χ2n) is 8.34. The number of benzene rings is 1. The van der Waals surface area contributed by atoms with Crippen LogP contribution in [0.15, 0.2) is 17.1 Å². The zero-order chi connectivity index (χ0) is 24.2. The Bertz CT molecular complexity index is 996. The summed E-state index contributed by atoms with van der Waals surface area (Å²) in [6.45, 7) is 3.67. The van der Waals surface area contributed by atoms with Crippen LogP contribution in [0, 0.1) is 27.7 Å². The van der Waals surface area contributed by atoms with Gasteiger partial charge < -0.3 is 9.84 Å². The predicted octanol–water partition coefficient (Wildman–Crippen LogP) is 4.53. The topological polar surface area (TPSA) is 105 Å². The Morgan fingerprint density at radius 1 is 1.34 bits per heavy atom. The van der Waals surface area contributed by atoms with Crippen LogP contribution in [0.25, 0.3) is 0 Å². The molecule has 1 N–H and O–H groups in total. The van der Waals surface area contributed by atoms with E-state index in [1.165, 1.54) is 20.8 Å². The minimum Gasteiger partial charge on any atom is -0.465 e. The summed E-state index contributed by atoms with van der Waals surface area (Å²) < 4.78 is 74.8. The number of amides is 1. The van der Waals surface area contributed by atoms with Crippen molar-refractivity contribution in [1.29, 1.82) is 0 Å². The number of ether oxygens (including phenoxy) is 1. The zero-order valence-corrected chi connectivity index (χ0v) is 17.8. The lowest BCUT2D eigenvalue weighted by molar-refractivity contribution is -0.385. The molecule has 0 aliphatic carbocycles. The van der Waals surface area contributed by atoms with Gasteiger partial charge in [0.2, 0.25) is 0 Å². The number of fused-ring (bicyclic) bond motifs is 1. The van der Waals surface area contributed by atoms with Crippen molar-refractivity contribution in [2.75, 3.05) is 12.4 Å². The highest BCUT2D eigenvalue weighted by molar-refractivity contribution is 8.13. The number of thioether (sulfide) groups is 1. The van der Waals surface area contributed by atoms with Crippen LogP contribution in [-0.4, -0.2) is 56.4 Å². The highest BCUT2D eigenvalue weighted by Crippen LogP contribution is 2.53. The molecule has 8 nitrogen and oxygen atoms in total. The van der Waals surface area contributed by atoms with E-state index in [4.69, 9.17) is 4.74 Å². The van der Waals surface area contributed by atoms with Gasteiger partial charge in [-0.3, -0.25) is 15.0 Å². The fraction of sp³-hybridized carbons (Fsp3) is 0.556. The van der Waals surface area contributed by atoms with Crippen LogP contribution in [0.3, 0.4) is 0 Å². The number of rotatable bonds is 2. The quantitative estimate of drug-likeness (QED) is 0.377. The van der Waals surface area contributed by atoms with Gasteiger partial charge in [-0.2, -0.15) is 13.2 Å². The monoisotopic (exact) mass is 483 g/mol. The first-order chi connectivity index (χ1) is 14.6. The predicted molar refractivity (Wildman–Crippen MR) is 103 cm³/mol. The van der Waals surface area contributed by atoms with Crippen LogP contribution in [0.2, 0.25) is 0 Å². The molecule has 0 spiro atoms. The Morgan fingerprint density at radius 2 is 1.97 bits per heavy atom. The van der Waals surface area contributed by atoms with Gasteiger partial charge >= 0.3 is 12.3 Å². The molecule has 1 aromatic rings. The molecule has 2 aliphatic heterocycles. The summed E-state index contributed by atoms with van der Waals surface area (Å²) in [4.78, 5) is 27.0. The number of hydrogen-bond acceptors (Lipinski definition) is 6. The van der Waals surface area contributed by atoms with Gasteiger partial charge in [0, 0.05) is 28.8 Å². The van der Waals surface area contributed by atoms with Gasteiger partial charge in [-0.1, -0.05) is 11.8 Å².